The summed E-state index contributed by atoms with van der Waals surface area (Å²) >= 11 is 0. The molecule has 0 atom stereocenters. The van der Waals surface area contributed by atoms with Crippen LogP contribution in [-0.2, 0) is 0 Å². The Kier molecular flexibility index (Phi) is 19.3. The highest BCUT2D eigenvalue weighted by Gasteiger charge is 2.44. The summed E-state index contributed by atoms with van der Waals surface area (Å²) in [5.41, 5.74) is 0. The van der Waals surface area contributed by atoms with Crippen LogP contribution >= 0.6 is 7.26 Å². The van der Waals surface area contributed by atoms with Crippen molar-refractivity contribution >= 4 is 23.2 Å². The van der Waals surface area contributed by atoms with Crippen LogP contribution in [0.15, 0.2) is 91.0 Å². The van der Waals surface area contributed by atoms with Crippen LogP contribution in [-0.4, -0.2) is 6.16 Å². The van der Waals surface area contributed by atoms with E-state index in [-0.39, 0.29) is 17.0 Å². The zero-order chi connectivity index (χ0) is 27.3. The largest absolute Gasteiger partial charge is 1.00 e. The van der Waals surface area contributed by atoms with E-state index in [1.54, 1.807) is 0 Å². The molecule has 0 saturated heterocycles. The third-order valence-electron chi connectivity index (χ3n) is 8.44. The molecule has 0 radical (unpaired) electrons. The second-order valence-electron chi connectivity index (χ2n) is 11.6. The summed E-state index contributed by atoms with van der Waals surface area (Å²) in [6.45, 7) is 2.30. The molecule has 0 heterocycles. The van der Waals surface area contributed by atoms with E-state index in [9.17, 15) is 0 Å². The van der Waals surface area contributed by atoms with Crippen LogP contribution in [0.4, 0.5) is 0 Å². The summed E-state index contributed by atoms with van der Waals surface area (Å²) in [6.07, 6.45) is 27.0. The smallest absolute Gasteiger partial charge is 0.112 e. The van der Waals surface area contributed by atoms with E-state index in [0.29, 0.717) is 0 Å². The molecule has 0 unspecified atom stereocenters. The molecule has 0 aromatic heterocycles. The molecule has 220 valence electrons. The summed E-state index contributed by atoms with van der Waals surface area (Å²) in [7, 11) is -1.64. The van der Waals surface area contributed by atoms with Gasteiger partial charge in [0, 0.05) is 0 Å². The predicted octanol–water partition coefficient (Wildman–Crippen LogP) is 8.03. The Labute approximate surface area is 258 Å². The summed E-state index contributed by atoms with van der Waals surface area (Å²) in [5, 5.41) is 4.57. The van der Waals surface area contributed by atoms with Gasteiger partial charge in [-0.25, -0.2) is 0 Å². The van der Waals surface area contributed by atoms with Crippen molar-refractivity contribution < 1.29 is 17.0 Å². The van der Waals surface area contributed by atoms with Crippen molar-refractivity contribution in [3.63, 3.8) is 0 Å². The average Bonchev–Trinajstić information content (AvgIpc) is 3.00. The van der Waals surface area contributed by atoms with Gasteiger partial charge in [0.05, 0.1) is 6.16 Å². The number of halogens is 1. The van der Waals surface area contributed by atoms with Crippen LogP contribution in [0.2, 0.25) is 0 Å². The molecule has 0 bridgehead atoms. The topological polar surface area (TPSA) is 0 Å². The first kappa shape index (κ1) is 34.8. The first-order valence-electron chi connectivity index (χ1n) is 16.4. The van der Waals surface area contributed by atoms with Crippen molar-refractivity contribution in [3.05, 3.63) is 91.0 Å². The monoisotopic (exact) mass is 622 g/mol. The Balaban J connectivity index is 0.00000560. The van der Waals surface area contributed by atoms with Gasteiger partial charge in [0.25, 0.3) is 0 Å². The summed E-state index contributed by atoms with van der Waals surface area (Å²) in [5.74, 6) is 0. The van der Waals surface area contributed by atoms with Crippen molar-refractivity contribution in [3.8, 4) is 0 Å². The number of hydrogen-bond donors (Lipinski definition) is 0. The molecule has 0 aliphatic rings. The molecule has 3 rings (SSSR count). The Hall–Kier alpha value is -1.43. The molecule has 3 aromatic rings. The molecule has 40 heavy (non-hydrogen) atoms. The van der Waals surface area contributed by atoms with Crippen molar-refractivity contribution in [2.75, 3.05) is 6.16 Å². The second kappa shape index (κ2) is 22.2. The highest BCUT2D eigenvalue weighted by molar-refractivity contribution is 7.95. The van der Waals surface area contributed by atoms with Crippen molar-refractivity contribution in [1.29, 1.82) is 0 Å². The van der Waals surface area contributed by atoms with Crippen LogP contribution in [0, 0.1) is 0 Å². The van der Waals surface area contributed by atoms with Crippen molar-refractivity contribution in [1.82, 2.24) is 0 Å². The van der Waals surface area contributed by atoms with Gasteiger partial charge in [-0.1, -0.05) is 164 Å². The lowest BCUT2D eigenvalue weighted by molar-refractivity contribution is -0.00000806. The van der Waals surface area contributed by atoms with E-state index >= 15 is 0 Å². The first-order valence-corrected chi connectivity index (χ1v) is 18.4. The molecule has 0 amide bonds. The maximum atomic E-state index is 2.38. The maximum absolute atomic E-state index is 2.38. The molecular weight excluding hydrogens is 567 g/mol. The number of benzene rings is 3. The Morgan fingerprint density at radius 2 is 0.600 bits per heavy atom. The van der Waals surface area contributed by atoms with Crippen LogP contribution in [0.25, 0.3) is 0 Å². The predicted molar refractivity (Wildman–Crippen MR) is 179 cm³/mol. The lowest BCUT2D eigenvalue weighted by atomic mass is 10.0. The van der Waals surface area contributed by atoms with E-state index in [1.807, 2.05) is 0 Å². The maximum Gasteiger partial charge on any atom is 0.112 e. The van der Waals surface area contributed by atoms with Gasteiger partial charge in [-0.3, -0.25) is 0 Å². The molecule has 0 spiro atoms. The Morgan fingerprint density at radius 3 is 0.875 bits per heavy atom. The average molecular weight is 624 g/mol. The lowest BCUT2D eigenvalue weighted by Gasteiger charge is -2.27. The minimum atomic E-state index is -1.64. The molecule has 0 saturated carbocycles. The van der Waals surface area contributed by atoms with Gasteiger partial charge >= 0.3 is 0 Å². The lowest BCUT2D eigenvalue weighted by Crippen LogP contribution is -3.00. The van der Waals surface area contributed by atoms with Gasteiger partial charge in [0.2, 0.25) is 0 Å². The fourth-order valence-corrected chi connectivity index (χ4v) is 10.5. The van der Waals surface area contributed by atoms with Crippen LogP contribution in [0.3, 0.4) is 0 Å². The van der Waals surface area contributed by atoms with Crippen LogP contribution in [0.5, 0.6) is 0 Å². The van der Waals surface area contributed by atoms with E-state index < -0.39 is 7.26 Å². The van der Waals surface area contributed by atoms with Crippen LogP contribution in [0.1, 0.15) is 122 Å². The quantitative estimate of drug-likeness (QED) is 0.0786. The van der Waals surface area contributed by atoms with Crippen molar-refractivity contribution in [2.45, 2.75) is 122 Å². The molecule has 0 N–H and O–H groups in total. The number of hydrogen-bond acceptors (Lipinski definition) is 0. The minimum Gasteiger partial charge on any atom is -1.00 e. The molecule has 0 nitrogen and oxygen atoms in total. The first-order chi connectivity index (χ1) is 19.4. The van der Waals surface area contributed by atoms with Crippen molar-refractivity contribution in [2.24, 2.45) is 0 Å². The summed E-state index contributed by atoms with van der Waals surface area (Å²) in [6, 6.07) is 34.1. The molecule has 0 fully saturated rings. The zero-order valence-corrected chi connectivity index (χ0v) is 27.9. The Morgan fingerprint density at radius 1 is 0.350 bits per heavy atom. The minimum absolute atomic E-state index is 0. The van der Waals surface area contributed by atoms with E-state index in [4.69, 9.17) is 0 Å². The van der Waals surface area contributed by atoms with Gasteiger partial charge in [0.1, 0.15) is 23.2 Å². The highest BCUT2D eigenvalue weighted by atomic mass is 79.9. The number of rotatable bonds is 22. The van der Waals surface area contributed by atoms with E-state index in [0.717, 1.165) is 0 Å². The summed E-state index contributed by atoms with van der Waals surface area (Å²) < 4.78 is 0. The van der Waals surface area contributed by atoms with Gasteiger partial charge in [-0.15, -0.1) is 0 Å². The molecular formula is C38H56BrP. The molecule has 0 aliphatic heterocycles. The van der Waals surface area contributed by atoms with E-state index in [1.165, 1.54) is 138 Å². The normalized spacial score (nSPS) is 11.3. The van der Waals surface area contributed by atoms with Gasteiger partial charge in [-0.05, 0) is 49.2 Å². The highest BCUT2D eigenvalue weighted by Crippen LogP contribution is 2.56. The fraction of sp³-hybridized carbons (Fsp3) is 0.526. The Bertz CT molecular complexity index is 860. The second-order valence-corrected chi connectivity index (χ2v) is 15.2. The standard InChI is InChI=1S/C38H56P.BrH/c1-2-3-4-5-6-7-8-9-10-11-12-13-14-15-16-17-18-28-35-39(36-29-22-19-23-30-36,37-31-24-20-25-32-37)38-33-26-21-27-34-38;/h19-27,29-34H,2-18,28,35H2,1H3;1H/q+1;/p-1. The van der Waals surface area contributed by atoms with E-state index in [2.05, 4.69) is 97.9 Å². The van der Waals surface area contributed by atoms with Gasteiger partial charge < -0.3 is 17.0 Å². The third kappa shape index (κ3) is 12.2. The molecule has 0 aliphatic carbocycles. The zero-order valence-electron chi connectivity index (χ0n) is 25.4. The number of unbranched alkanes of at least 4 members (excludes halogenated alkanes) is 17. The SMILES string of the molecule is CCCCCCCCCCCCCCCCCCCC[P+](c1ccccc1)(c1ccccc1)c1ccccc1.[Br-]. The molecule has 2 heteroatoms. The van der Waals surface area contributed by atoms with Gasteiger partial charge in [-0.2, -0.15) is 0 Å². The third-order valence-corrected chi connectivity index (χ3v) is 13.0. The molecule has 3 aromatic carbocycles. The summed E-state index contributed by atoms with van der Waals surface area (Å²) in [4.78, 5) is 0. The van der Waals surface area contributed by atoms with Crippen LogP contribution < -0.4 is 32.9 Å². The van der Waals surface area contributed by atoms with Gasteiger partial charge in [0.15, 0.2) is 0 Å². The fourth-order valence-electron chi connectivity index (χ4n) is 6.13.